The van der Waals surface area contributed by atoms with Crippen LogP contribution in [-0.4, -0.2) is 52.8 Å². The van der Waals surface area contributed by atoms with Crippen LogP contribution in [0.1, 0.15) is 6.92 Å². The third kappa shape index (κ3) is 3.04. The van der Waals surface area contributed by atoms with Crippen molar-refractivity contribution in [3.63, 3.8) is 0 Å². The lowest BCUT2D eigenvalue weighted by Gasteiger charge is -2.31. The maximum Gasteiger partial charge on any atom is 0.242 e. The molecule has 1 amide bonds. The van der Waals surface area contributed by atoms with Crippen molar-refractivity contribution in [1.82, 2.24) is 20.0 Å². The Bertz CT molecular complexity index is 383. The number of aromatic nitrogens is 2. The van der Waals surface area contributed by atoms with Gasteiger partial charge in [-0.3, -0.25) is 14.4 Å². The molecule has 1 aliphatic rings. The van der Waals surface area contributed by atoms with E-state index in [2.05, 4.69) is 20.6 Å². The highest BCUT2D eigenvalue weighted by Crippen LogP contribution is 2.06. The zero-order valence-corrected chi connectivity index (χ0v) is 10.3. The minimum absolute atomic E-state index is 0.00519. The van der Waals surface area contributed by atoms with Gasteiger partial charge in [0.05, 0.1) is 6.04 Å². The number of aryl methyl sites for hydroxylation is 1. The average molecular weight is 237 g/mol. The van der Waals surface area contributed by atoms with Gasteiger partial charge >= 0.3 is 0 Å². The van der Waals surface area contributed by atoms with Crippen LogP contribution >= 0.6 is 0 Å². The Kier molecular flexibility index (Phi) is 3.75. The molecule has 17 heavy (non-hydrogen) atoms. The molecule has 1 aliphatic heterocycles. The molecular formula is C11H19N5O. The summed E-state index contributed by atoms with van der Waals surface area (Å²) in [5.41, 5.74) is 0. The van der Waals surface area contributed by atoms with Crippen LogP contribution in [0.2, 0.25) is 0 Å². The van der Waals surface area contributed by atoms with Crippen molar-refractivity contribution in [2.24, 2.45) is 7.05 Å². The summed E-state index contributed by atoms with van der Waals surface area (Å²) < 4.78 is 1.67. The van der Waals surface area contributed by atoms with Gasteiger partial charge < -0.3 is 10.6 Å². The van der Waals surface area contributed by atoms with Gasteiger partial charge in [0, 0.05) is 45.5 Å². The number of amides is 1. The van der Waals surface area contributed by atoms with Gasteiger partial charge in [0.15, 0.2) is 5.82 Å². The summed E-state index contributed by atoms with van der Waals surface area (Å²) in [6.45, 7) is 5.65. The number of piperazine rings is 1. The van der Waals surface area contributed by atoms with Gasteiger partial charge in [0.1, 0.15) is 0 Å². The van der Waals surface area contributed by atoms with E-state index in [1.54, 1.807) is 10.7 Å². The van der Waals surface area contributed by atoms with Gasteiger partial charge in [-0.05, 0) is 6.92 Å². The predicted octanol–water partition coefficient (Wildman–Crippen LogP) is -0.348. The van der Waals surface area contributed by atoms with E-state index in [-0.39, 0.29) is 11.9 Å². The zero-order chi connectivity index (χ0) is 12.3. The topological polar surface area (TPSA) is 62.2 Å². The largest absolute Gasteiger partial charge is 0.314 e. The maximum atomic E-state index is 12.0. The number of anilines is 1. The molecule has 1 aromatic rings. The number of nitrogens with one attached hydrogen (secondary N) is 2. The van der Waals surface area contributed by atoms with Gasteiger partial charge in [0.2, 0.25) is 5.91 Å². The number of nitrogens with zero attached hydrogens (tertiary/aromatic N) is 3. The fourth-order valence-electron chi connectivity index (χ4n) is 1.95. The monoisotopic (exact) mass is 237 g/mol. The summed E-state index contributed by atoms with van der Waals surface area (Å²) in [6, 6.07) is 1.68. The lowest BCUT2D eigenvalue weighted by atomic mass is 10.2. The van der Waals surface area contributed by atoms with Crippen LogP contribution < -0.4 is 10.6 Å². The van der Waals surface area contributed by atoms with E-state index in [0.717, 1.165) is 26.2 Å². The van der Waals surface area contributed by atoms with Crippen LogP contribution in [0.3, 0.4) is 0 Å². The zero-order valence-electron chi connectivity index (χ0n) is 10.3. The molecule has 1 aromatic heterocycles. The minimum atomic E-state index is -0.112. The van der Waals surface area contributed by atoms with Crippen molar-refractivity contribution in [2.45, 2.75) is 13.0 Å². The third-order valence-corrected chi connectivity index (χ3v) is 3.04. The van der Waals surface area contributed by atoms with E-state index >= 15 is 0 Å². The van der Waals surface area contributed by atoms with Gasteiger partial charge in [-0.2, -0.15) is 5.10 Å². The summed E-state index contributed by atoms with van der Waals surface area (Å²) in [6.07, 6.45) is 1.81. The van der Waals surface area contributed by atoms with Crippen LogP contribution in [0.25, 0.3) is 0 Å². The van der Waals surface area contributed by atoms with Crippen molar-refractivity contribution >= 4 is 11.7 Å². The molecule has 1 atom stereocenters. The smallest absolute Gasteiger partial charge is 0.242 e. The Morgan fingerprint density at radius 2 is 2.24 bits per heavy atom. The summed E-state index contributed by atoms with van der Waals surface area (Å²) in [4.78, 5) is 14.2. The van der Waals surface area contributed by atoms with E-state index in [1.165, 1.54) is 0 Å². The van der Waals surface area contributed by atoms with Gasteiger partial charge in [-0.1, -0.05) is 0 Å². The summed E-state index contributed by atoms with van der Waals surface area (Å²) in [7, 11) is 1.83. The Balaban J connectivity index is 1.90. The first-order valence-corrected chi connectivity index (χ1v) is 5.92. The summed E-state index contributed by atoms with van der Waals surface area (Å²) >= 11 is 0. The predicted molar refractivity (Wildman–Crippen MR) is 65.7 cm³/mol. The van der Waals surface area contributed by atoms with Gasteiger partial charge in [-0.15, -0.1) is 0 Å². The normalized spacial score (nSPS) is 18.9. The quantitative estimate of drug-likeness (QED) is 0.754. The first-order valence-electron chi connectivity index (χ1n) is 5.92. The molecule has 2 rings (SSSR count). The van der Waals surface area contributed by atoms with E-state index in [0.29, 0.717) is 5.82 Å². The molecule has 2 heterocycles. The molecule has 2 N–H and O–H groups in total. The molecule has 0 radical (unpaired) electrons. The molecule has 0 bridgehead atoms. The standard InChI is InChI=1S/C11H19N5O/c1-9(16-7-4-12-5-8-16)11(17)13-10-3-6-15(2)14-10/h3,6,9,12H,4-5,7-8H2,1-2H3,(H,13,14,17). The van der Waals surface area contributed by atoms with Crippen molar-refractivity contribution < 1.29 is 4.79 Å². The Hall–Kier alpha value is -1.40. The molecule has 94 valence electrons. The summed E-state index contributed by atoms with van der Waals surface area (Å²) in [5, 5.41) is 10.2. The molecule has 0 aromatic carbocycles. The summed E-state index contributed by atoms with van der Waals surface area (Å²) in [5.74, 6) is 0.616. The lowest BCUT2D eigenvalue weighted by molar-refractivity contribution is -0.121. The van der Waals surface area contributed by atoms with Crippen molar-refractivity contribution in [3.05, 3.63) is 12.3 Å². The number of rotatable bonds is 3. The number of hydrogen-bond donors (Lipinski definition) is 2. The second kappa shape index (κ2) is 5.29. The van der Waals surface area contributed by atoms with E-state index in [4.69, 9.17) is 0 Å². The van der Waals surface area contributed by atoms with E-state index in [1.807, 2.05) is 20.2 Å². The molecule has 1 unspecified atom stereocenters. The second-order valence-electron chi connectivity index (χ2n) is 4.33. The molecule has 1 saturated heterocycles. The van der Waals surface area contributed by atoms with Crippen LogP contribution in [0.4, 0.5) is 5.82 Å². The lowest BCUT2D eigenvalue weighted by Crippen LogP contribution is -2.51. The van der Waals surface area contributed by atoms with E-state index < -0.39 is 0 Å². The van der Waals surface area contributed by atoms with Crippen molar-refractivity contribution in [3.8, 4) is 0 Å². The Labute approximate surface area is 101 Å². The molecule has 0 spiro atoms. The van der Waals surface area contributed by atoms with Gasteiger partial charge in [0.25, 0.3) is 0 Å². The molecule has 1 fully saturated rings. The number of hydrogen-bond acceptors (Lipinski definition) is 4. The highest BCUT2D eigenvalue weighted by molar-refractivity contribution is 5.93. The number of carbonyl (C=O) groups excluding carboxylic acids is 1. The fraction of sp³-hybridized carbons (Fsp3) is 0.636. The van der Waals surface area contributed by atoms with Crippen molar-refractivity contribution in [1.29, 1.82) is 0 Å². The Morgan fingerprint density at radius 1 is 1.53 bits per heavy atom. The third-order valence-electron chi connectivity index (χ3n) is 3.04. The first-order chi connectivity index (χ1) is 8.16. The highest BCUT2D eigenvalue weighted by atomic mass is 16.2. The SMILES string of the molecule is CC(C(=O)Nc1ccn(C)n1)N1CCNCC1. The van der Waals surface area contributed by atoms with Crippen LogP contribution in [0.5, 0.6) is 0 Å². The molecule has 0 saturated carbocycles. The minimum Gasteiger partial charge on any atom is -0.314 e. The second-order valence-corrected chi connectivity index (χ2v) is 4.33. The van der Waals surface area contributed by atoms with Gasteiger partial charge in [-0.25, -0.2) is 0 Å². The average Bonchev–Trinajstić information content (AvgIpc) is 2.75. The highest BCUT2D eigenvalue weighted by Gasteiger charge is 2.22. The van der Waals surface area contributed by atoms with E-state index in [9.17, 15) is 4.79 Å². The molecule has 0 aliphatic carbocycles. The van der Waals surface area contributed by atoms with Crippen LogP contribution in [0.15, 0.2) is 12.3 Å². The molecule has 6 heteroatoms. The first kappa shape index (κ1) is 12.1. The van der Waals surface area contributed by atoms with Crippen molar-refractivity contribution in [2.75, 3.05) is 31.5 Å². The molecule has 6 nitrogen and oxygen atoms in total. The number of carbonyl (C=O) groups is 1. The molecular weight excluding hydrogens is 218 g/mol. The van der Waals surface area contributed by atoms with Crippen LogP contribution in [-0.2, 0) is 11.8 Å². The van der Waals surface area contributed by atoms with Crippen LogP contribution in [0, 0.1) is 0 Å². The fourth-order valence-corrected chi connectivity index (χ4v) is 1.95. The maximum absolute atomic E-state index is 12.0. The Morgan fingerprint density at radius 3 is 2.82 bits per heavy atom.